The van der Waals surface area contributed by atoms with Gasteiger partial charge in [0.1, 0.15) is 29.8 Å². The number of anilines is 1. The quantitative estimate of drug-likeness (QED) is 0.304. The number of carbonyl (C=O) groups excluding carboxylic acids is 1. The van der Waals surface area contributed by atoms with Crippen LogP contribution in [0.15, 0.2) is 64.6 Å². The molecule has 4 aromatic rings. The van der Waals surface area contributed by atoms with Crippen LogP contribution in [-0.2, 0) is 14.6 Å². The van der Waals surface area contributed by atoms with Gasteiger partial charge in [-0.25, -0.2) is 40.9 Å². The van der Waals surface area contributed by atoms with Crippen molar-refractivity contribution in [2.75, 3.05) is 37.5 Å². The Morgan fingerprint density at radius 2 is 1.86 bits per heavy atom. The van der Waals surface area contributed by atoms with Crippen LogP contribution in [0, 0.1) is 18.6 Å². The predicted octanol–water partition coefficient (Wildman–Crippen LogP) is 3.40. The second-order valence-corrected chi connectivity index (χ2v) is 12.1. The summed E-state index contributed by atoms with van der Waals surface area (Å²) in [6, 6.07) is 7.60. The van der Waals surface area contributed by atoms with Gasteiger partial charge in [-0.3, -0.25) is 4.79 Å². The van der Waals surface area contributed by atoms with E-state index in [2.05, 4.69) is 15.0 Å². The van der Waals surface area contributed by atoms with Crippen molar-refractivity contribution in [3.63, 3.8) is 0 Å². The lowest BCUT2D eigenvalue weighted by Crippen LogP contribution is -2.54. The number of sulfone groups is 1. The molecule has 43 heavy (non-hydrogen) atoms. The molecule has 0 aliphatic carbocycles. The fraction of sp³-hybridized carbons (Fsp3) is 0.276. The topological polar surface area (TPSA) is 118 Å². The van der Waals surface area contributed by atoms with Gasteiger partial charge in [0.05, 0.1) is 11.1 Å². The van der Waals surface area contributed by atoms with Crippen LogP contribution in [0.3, 0.4) is 0 Å². The van der Waals surface area contributed by atoms with Crippen molar-refractivity contribution in [2.24, 2.45) is 0 Å². The molecule has 3 aromatic heterocycles. The Labute approximate surface area is 245 Å². The normalized spacial score (nSPS) is 15.9. The SMILES string of the molecule is Cc1ccnc(S(C)(=O)=O)c1-n1c(=O)nc(N2CCN(C(=O)/C=C/CF)C[C@@H]2C)c2cc(F)c(-c3ccccc3F)nc21. The molecule has 4 heterocycles. The van der Waals surface area contributed by atoms with Gasteiger partial charge < -0.3 is 9.80 Å². The van der Waals surface area contributed by atoms with Crippen LogP contribution in [0.1, 0.15) is 12.5 Å². The summed E-state index contributed by atoms with van der Waals surface area (Å²) in [5, 5.41) is -0.352. The molecule has 14 heteroatoms. The molecule has 0 N–H and O–H groups in total. The summed E-state index contributed by atoms with van der Waals surface area (Å²) in [4.78, 5) is 42.2. The van der Waals surface area contributed by atoms with Gasteiger partial charge in [-0.1, -0.05) is 12.1 Å². The van der Waals surface area contributed by atoms with Crippen LogP contribution in [0.25, 0.3) is 28.0 Å². The number of nitrogens with zero attached hydrogens (tertiary/aromatic N) is 6. The van der Waals surface area contributed by atoms with Gasteiger partial charge in [0.15, 0.2) is 20.5 Å². The average Bonchev–Trinajstić information content (AvgIpc) is 2.96. The third-order valence-electron chi connectivity index (χ3n) is 7.16. The summed E-state index contributed by atoms with van der Waals surface area (Å²) in [7, 11) is -3.96. The van der Waals surface area contributed by atoms with Crippen LogP contribution >= 0.6 is 0 Å². The predicted molar refractivity (Wildman–Crippen MR) is 155 cm³/mol. The van der Waals surface area contributed by atoms with Crippen molar-refractivity contribution in [2.45, 2.75) is 24.9 Å². The first-order valence-electron chi connectivity index (χ1n) is 13.2. The van der Waals surface area contributed by atoms with E-state index >= 15 is 4.39 Å². The summed E-state index contributed by atoms with van der Waals surface area (Å²) >= 11 is 0. The molecule has 224 valence electrons. The second kappa shape index (κ2) is 11.6. The average molecular weight is 613 g/mol. The van der Waals surface area contributed by atoms with Crippen molar-refractivity contribution >= 4 is 32.6 Å². The Kier molecular flexibility index (Phi) is 8.06. The van der Waals surface area contributed by atoms with Crippen LogP contribution in [-0.4, -0.2) is 77.4 Å². The Bertz CT molecular complexity index is 1950. The number of aromatic nitrogens is 4. The van der Waals surface area contributed by atoms with E-state index in [1.165, 1.54) is 35.4 Å². The molecule has 1 aromatic carbocycles. The molecule has 1 aliphatic heterocycles. The maximum atomic E-state index is 15.7. The maximum Gasteiger partial charge on any atom is 0.355 e. The zero-order valence-corrected chi connectivity index (χ0v) is 24.3. The molecular weight excluding hydrogens is 585 g/mol. The highest BCUT2D eigenvalue weighted by atomic mass is 32.2. The van der Waals surface area contributed by atoms with E-state index in [0.29, 0.717) is 5.56 Å². The van der Waals surface area contributed by atoms with Crippen LogP contribution in [0.2, 0.25) is 0 Å². The van der Waals surface area contributed by atoms with E-state index in [4.69, 9.17) is 0 Å². The summed E-state index contributed by atoms with van der Waals surface area (Å²) < 4.78 is 69.5. The zero-order valence-electron chi connectivity index (χ0n) is 23.5. The number of carbonyl (C=O) groups is 1. The second-order valence-electron chi connectivity index (χ2n) is 10.2. The van der Waals surface area contributed by atoms with Crippen LogP contribution in [0.5, 0.6) is 0 Å². The monoisotopic (exact) mass is 612 g/mol. The Morgan fingerprint density at radius 3 is 2.53 bits per heavy atom. The zero-order chi connectivity index (χ0) is 31.1. The largest absolute Gasteiger partial charge is 0.355 e. The lowest BCUT2D eigenvalue weighted by Gasteiger charge is -2.40. The molecule has 1 atom stereocenters. The summed E-state index contributed by atoms with van der Waals surface area (Å²) in [6.07, 6.45) is 4.49. The van der Waals surface area contributed by atoms with E-state index in [-0.39, 0.29) is 59.3 Å². The summed E-state index contributed by atoms with van der Waals surface area (Å²) in [5.41, 5.74) is -1.38. The Hall–Kier alpha value is -4.59. The van der Waals surface area contributed by atoms with E-state index in [0.717, 1.165) is 35.1 Å². The number of benzene rings is 1. The third kappa shape index (κ3) is 5.61. The standard InChI is InChI=1S/C29H27F3N6O4S/c1-17-10-12-33-28(43(3,41)42)25(17)38-27-20(15-22(32)24(34-27)19-7-4-5-8-21(19)31)26(35-29(38)40)37-14-13-36(16-18(37)2)23(39)9-6-11-30/h4-10,12,15,18H,11,13-14,16H2,1-3H3/b9-6+/t18-/m0/s1. The first kappa shape index (κ1) is 29.9. The highest BCUT2D eigenvalue weighted by Crippen LogP contribution is 2.33. The number of hydrogen-bond acceptors (Lipinski definition) is 8. The Morgan fingerprint density at radius 1 is 1.12 bits per heavy atom. The van der Waals surface area contributed by atoms with Crippen LogP contribution < -0.4 is 10.6 Å². The van der Waals surface area contributed by atoms with Crippen molar-refractivity contribution in [3.8, 4) is 16.9 Å². The van der Waals surface area contributed by atoms with Gasteiger partial charge in [-0.15, -0.1) is 0 Å². The molecule has 5 rings (SSSR count). The van der Waals surface area contributed by atoms with Crippen molar-refractivity contribution in [1.82, 2.24) is 24.4 Å². The minimum atomic E-state index is -3.96. The number of pyridine rings is 2. The van der Waals surface area contributed by atoms with Gasteiger partial charge >= 0.3 is 5.69 Å². The molecule has 0 unspecified atom stereocenters. The van der Waals surface area contributed by atoms with Gasteiger partial charge in [0.2, 0.25) is 5.91 Å². The number of allylic oxidation sites excluding steroid dienone is 1. The molecule has 1 aliphatic rings. The van der Waals surface area contributed by atoms with Gasteiger partial charge in [0, 0.05) is 49.8 Å². The number of fused-ring (bicyclic) bond motifs is 1. The summed E-state index contributed by atoms with van der Waals surface area (Å²) in [6.45, 7) is 3.17. The minimum absolute atomic E-state index is 0.0591. The molecule has 10 nitrogen and oxygen atoms in total. The first-order chi connectivity index (χ1) is 20.4. The number of amides is 1. The molecule has 1 fully saturated rings. The molecule has 0 bridgehead atoms. The van der Waals surface area contributed by atoms with E-state index in [9.17, 15) is 26.8 Å². The number of halogens is 3. The first-order valence-corrected chi connectivity index (χ1v) is 15.1. The van der Waals surface area contributed by atoms with Crippen LogP contribution in [0.4, 0.5) is 19.0 Å². The summed E-state index contributed by atoms with van der Waals surface area (Å²) in [5.74, 6) is -1.96. The smallest absolute Gasteiger partial charge is 0.350 e. The van der Waals surface area contributed by atoms with E-state index in [1.807, 2.05) is 0 Å². The van der Waals surface area contributed by atoms with Crippen molar-refractivity contribution in [1.29, 1.82) is 0 Å². The molecule has 0 radical (unpaired) electrons. The van der Waals surface area contributed by atoms with Gasteiger partial charge in [-0.05, 0) is 49.8 Å². The number of aryl methyl sites for hydroxylation is 1. The lowest BCUT2D eigenvalue weighted by molar-refractivity contribution is -0.126. The van der Waals surface area contributed by atoms with E-state index < -0.39 is 44.9 Å². The number of hydrogen-bond donors (Lipinski definition) is 0. The Balaban J connectivity index is 1.78. The third-order valence-corrected chi connectivity index (χ3v) is 8.16. The number of alkyl halides is 1. The number of rotatable bonds is 6. The van der Waals surface area contributed by atoms with Crippen molar-refractivity contribution < 1.29 is 26.4 Å². The number of piperazine rings is 1. The highest BCUT2D eigenvalue weighted by molar-refractivity contribution is 7.90. The highest BCUT2D eigenvalue weighted by Gasteiger charge is 2.31. The lowest BCUT2D eigenvalue weighted by atomic mass is 10.1. The molecule has 0 spiro atoms. The van der Waals surface area contributed by atoms with Gasteiger partial charge in [-0.2, -0.15) is 4.98 Å². The maximum absolute atomic E-state index is 15.7. The minimum Gasteiger partial charge on any atom is -0.350 e. The van der Waals surface area contributed by atoms with E-state index in [1.54, 1.807) is 18.7 Å². The van der Waals surface area contributed by atoms with Gasteiger partial charge in [0.25, 0.3) is 0 Å². The molecule has 0 saturated carbocycles. The van der Waals surface area contributed by atoms with Crippen molar-refractivity contribution in [3.05, 3.63) is 82.4 Å². The molecular formula is C29H27F3N6O4S. The fourth-order valence-electron chi connectivity index (χ4n) is 5.16. The fourth-order valence-corrected chi connectivity index (χ4v) is 6.02. The molecule has 1 amide bonds. The molecule has 1 saturated heterocycles.